The van der Waals surface area contributed by atoms with Crippen LogP contribution in [0.3, 0.4) is 0 Å². The highest BCUT2D eigenvalue weighted by molar-refractivity contribution is 7.92. The minimum Gasteiger partial charge on any atom is -0.266 e. The molecule has 1 aromatic carbocycles. The SMILES string of the molecule is CN1c2c(cccc2[N+](=O)[O-])CS1(=O)=O. The second-order valence-electron chi connectivity index (χ2n) is 3.27. The van der Waals surface area contributed by atoms with Crippen molar-refractivity contribution >= 4 is 21.4 Å². The molecule has 0 atom stereocenters. The first-order chi connectivity index (χ1) is 6.93. The number of hydrogen-bond donors (Lipinski definition) is 0. The predicted octanol–water partition coefficient (Wildman–Crippen LogP) is 0.874. The number of sulfonamides is 1. The average Bonchev–Trinajstić information content (AvgIpc) is 2.37. The summed E-state index contributed by atoms with van der Waals surface area (Å²) in [7, 11) is -2.08. The Morgan fingerprint density at radius 3 is 2.73 bits per heavy atom. The van der Waals surface area contributed by atoms with Crippen molar-refractivity contribution in [1.29, 1.82) is 0 Å². The Morgan fingerprint density at radius 2 is 2.13 bits per heavy atom. The molecule has 1 aliphatic heterocycles. The molecule has 0 radical (unpaired) electrons. The molecule has 15 heavy (non-hydrogen) atoms. The number of anilines is 1. The van der Waals surface area contributed by atoms with Crippen molar-refractivity contribution < 1.29 is 13.3 Å². The molecule has 0 aliphatic carbocycles. The van der Waals surface area contributed by atoms with Crippen LogP contribution in [0, 0.1) is 10.1 Å². The van der Waals surface area contributed by atoms with E-state index in [-0.39, 0.29) is 17.1 Å². The highest BCUT2D eigenvalue weighted by atomic mass is 32.2. The van der Waals surface area contributed by atoms with Gasteiger partial charge in [-0.25, -0.2) is 8.42 Å². The van der Waals surface area contributed by atoms with E-state index in [1.165, 1.54) is 19.2 Å². The van der Waals surface area contributed by atoms with E-state index in [1.54, 1.807) is 6.07 Å². The molecular weight excluding hydrogens is 220 g/mol. The lowest BCUT2D eigenvalue weighted by molar-refractivity contribution is -0.384. The topological polar surface area (TPSA) is 80.5 Å². The summed E-state index contributed by atoms with van der Waals surface area (Å²) in [5.74, 6) is -0.166. The van der Waals surface area contributed by atoms with Gasteiger partial charge in [-0.05, 0) is 0 Å². The molecule has 0 aromatic heterocycles. The number of hydrogen-bond acceptors (Lipinski definition) is 4. The Kier molecular flexibility index (Phi) is 1.93. The molecule has 0 amide bonds. The van der Waals surface area contributed by atoms with Crippen LogP contribution in [0.15, 0.2) is 18.2 Å². The van der Waals surface area contributed by atoms with Crippen LogP contribution in [-0.4, -0.2) is 20.4 Å². The molecule has 80 valence electrons. The normalized spacial score (nSPS) is 17.5. The lowest BCUT2D eigenvalue weighted by Crippen LogP contribution is -2.21. The summed E-state index contributed by atoms with van der Waals surface area (Å²) in [5.41, 5.74) is 0.491. The number of benzene rings is 1. The fraction of sp³-hybridized carbons (Fsp3) is 0.250. The highest BCUT2D eigenvalue weighted by Gasteiger charge is 2.35. The molecule has 0 unspecified atom stereocenters. The van der Waals surface area contributed by atoms with Crippen molar-refractivity contribution in [3.63, 3.8) is 0 Å². The van der Waals surface area contributed by atoms with Gasteiger partial charge in [-0.2, -0.15) is 0 Å². The molecule has 1 aliphatic rings. The largest absolute Gasteiger partial charge is 0.293 e. The van der Waals surface area contributed by atoms with Crippen LogP contribution in [0.2, 0.25) is 0 Å². The summed E-state index contributed by atoms with van der Waals surface area (Å²) < 4.78 is 24.0. The monoisotopic (exact) mass is 228 g/mol. The van der Waals surface area contributed by atoms with Gasteiger partial charge in [0.25, 0.3) is 5.69 Å². The van der Waals surface area contributed by atoms with Gasteiger partial charge in [0, 0.05) is 18.7 Å². The van der Waals surface area contributed by atoms with E-state index >= 15 is 0 Å². The third-order valence-electron chi connectivity index (χ3n) is 2.37. The van der Waals surface area contributed by atoms with E-state index in [1.807, 2.05) is 0 Å². The maximum Gasteiger partial charge on any atom is 0.293 e. The summed E-state index contributed by atoms with van der Waals surface area (Å²) in [4.78, 5) is 10.1. The first-order valence-electron chi connectivity index (χ1n) is 4.16. The van der Waals surface area contributed by atoms with Crippen LogP contribution in [0.4, 0.5) is 11.4 Å². The van der Waals surface area contributed by atoms with Gasteiger partial charge < -0.3 is 0 Å². The summed E-state index contributed by atoms with van der Waals surface area (Å²) in [5, 5.41) is 10.7. The van der Waals surface area contributed by atoms with Crippen LogP contribution < -0.4 is 4.31 Å². The minimum absolute atomic E-state index is 0.166. The quantitative estimate of drug-likeness (QED) is 0.527. The highest BCUT2D eigenvalue weighted by Crippen LogP contribution is 2.39. The van der Waals surface area contributed by atoms with Crippen molar-refractivity contribution in [2.75, 3.05) is 11.4 Å². The van der Waals surface area contributed by atoms with E-state index in [4.69, 9.17) is 0 Å². The molecule has 0 saturated heterocycles. The van der Waals surface area contributed by atoms with E-state index in [2.05, 4.69) is 0 Å². The zero-order valence-electron chi connectivity index (χ0n) is 7.87. The van der Waals surface area contributed by atoms with Crippen LogP contribution in [0.5, 0.6) is 0 Å². The van der Waals surface area contributed by atoms with E-state index in [9.17, 15) is 18.5 Å². The summed E-state index contributed by atoms with van der Waals surface area (Å²) >= 11 is 0. The zero-order chi connectivity index (χ0) is 11.2. The standard InChI is InChI=1S/C8H8N2O4S/c1-9-8-6(5-15(9,13)14)3-2-4-7(8)10(11)12/h2-4H,5H2,1H3. The van der Waals surface area contributed by atoms with Gasteiger partial charge in [0.2, 0.25) is 10.0 Å². The van der Waals surface area contributed by atoms with Gasteiger partial charge in [0.1, 0.15) is 5.69 Å². The lowest BCUT2D eigenvalue weighted by Gasteiger charge is -2.10. The Morgan fingerprint density at radius 1 is 1.47 bits per heavy atom. The Bertz CT molecular complexity index is 538. The van der Waals surface area contributed by atoms with Crippen molar-refractivity contribution in [3.8, 4) is 0 Å². The number of nitrogens with zero attached hydrogens (tertiary/aromatic N) is 2. The minimum atomic E-state index is -3.41. The van der Waals surface area contributed by atoms with E-state index < -0.39 is 14.9 Å². The van der Waals surface area contributed by atoms with Crippen molar-refractivity contribution in [3.05, 3.63) is 33.9 Å². The first-order valence-corrected chi connectivity index (χ1v) is 5.77. The average molecular weight is 228 g/mol. The van der Waals surface area contributed by atoms with Gasteiger partial charge in [0.15, 0.2) is 0 Å². The molecule has 6 nitrogen and oxygen atoms in total. The van der Waals surface area contributed by atoms with Crippen molar-refractivity contribution in [2.45, 2.75) is 5.75 Å². The van der Waals surface area contributed by atoms with E-state index in [0.29, 0.717) is 5.56 Å². The number of nitro groups is 1. The number of rotatable bonds is 1. The van der Waals surface area contributed by atoms with Gasteiger partial charge in [0.05, 0.1) is 10.7 Å². The first kappa shape index (κ1) is 9.91. The molecule has 0 saturated carbocycles. The van der Waals surface area contributed by atoms with Crippen LogP contribution in [-0.2, 0) is 15.8 Å². The van der Waals surface area contributed by atoms with E-state index in [0.717, 1.165) is 4.31 Å². The van der Waals surface area contributed by atoms with Crippen LogP contribution in [0.1, 0.15) is 5.56 Å². The number of para-hydroxylation sites is 1. The lowest BCUT2D eigenvalue weighted by atomic mass is 10.2. The molecule has 1 aromatic rings. The third-order valence-corrected chi connectivity index (χ3v) is 4.06. The molecule has 0 N–H and O–H groups in total. The van der Waals surface area contributed by atoms with Crippen molar-refractivity contribution in [1.82, 2.24) is 0 Å². The van der Waals surface area contributed by atoms with Gasteiger partial charge >= 0.3 is 0 Å². The second-order valence-corrected chi connectivity index (χ2v) is 5.27. The van der Waals surface area contributed by atoms with Gasteiger partial charge in [-0.3, -0.25) is 14.4 Å². The molecule has 0 bridgehead atoms. The Balaban J connectivity index is 2.71. The molecule has 0 spiro atoms. The predicted molar refractivity (Wildman–Crippen MR) is 54.1 cm³/mol. The van der Waals surface area contributed by atoms with Gasteiger partial charge in [-0.1, -0.05) is 12.1 Å². The summed E-state index contributed by atoms with van der Waals surface area (Å²) in [6, 6.07) is 4.38. The number of nitro benzene ring substituents is 1. The maximum absolute atomic E-state index is 11.5. The summed E-state index contributed by atoms with van der Waals surface area (Å²) in [6.07, 6.45) is 0. The Labute approximate surface area is 86.3 Å². The zero-order valence-corrected chi connectivity index (χ0v) is 8.69. The second kappa shape index (κ2) is 2.93. The molecule has 1 heterocycles. The van der Waals surface area contributed by atoms with Crippen LogP contribution >= 0.6 is 0 Å². The molecule has 0 fully saturated rings. The number of fused-ring (bicyclic) bond motifs is 1. The fourth-order valence-electron chi connectivity index (χ4n) is 1.64. The molecule has 7 heteroatoms. The smallest absolute Gasteiger partial charge is 0.266 e. The molecular formula is C8H8N2O4S. The van der Waals surface area contributed by atoms with Crippen LogP contribution in [0.25, 0.3) is 0 Å². The summed E-state index contributed by atoms with van der Waals surface area (Å²) in [6.45, 7) is 0. The maximum atomic E-state index is 11.5. The Hall–Kier alpha value is -1.63. The molecule has 2 rings (SSSR count). The van der Waals surface area contributed by atoms with Crippen molar-refractivity contribution in [2.24, 2.45) is 0 Å². The third kappa shape index (κ3) is 1.35. The fourth-order valence-corrected chi connectivity index (χ4v) is 2.95. The van der Waals surface area contributed by atoms with Gasteiger partial charge in [-0.15, -0.1) is 0 Å².